The molecule has 5 heteroatoms. The number of piperazine rings is 1. The number of benzene rings is 1. The molecule has 0 aliphatic carbocycles. The van der Waals surface area contributed by atoms with Gasteiger partial charge in [0.05, 0.1) is 6.10 Å². The van der Waals surface area contributed by atoms with Gasteiger partial charge < -0.3 is 14.5 Å². The quantitative estimate of drug-likeness (QED) is 0.836. The summed E-state index contributed by atoms with van der Waals surface area (Å²) in [6.07, 6.45) is -0.285. The van der Waals surface area contributed by atoms with Crippen LogP contribution in [0.25, 0.3) is 0 Å². The third-order valence-corrected chi connectivity index (χ3v) is 3.32. The fourth-order valence-electron chi connectivity index (χ4n) is 2.08. The average Bonchev–Trinajstić information content (AvgIpc) is 2.39. The average molecular weight is 283 g/mol. The monoisotopic (exact) mass is 282 g/mol. The molecule has 4 nitrogen and oxygen atoms in total. The largest absolute Gasteiger partial charge is 0.447 e. The van der Waals surface area contributed by atoms with E-state index in [0.29, 0.717) is 13.1 Å². The first kappa shape index (κ1) is 14.0. The van der Waals surface area contributed by atoms with Gasteiger partial charge in [-0.3, -0.25) is 0 Å². The van der Waals surface area contributed by atoms with Gasteiger partial charge in [-0.15, -0.1) is 0 Å². The number of halogens is 1. The molecule has 1 aromatic carbocycles. The molecular formula is C14H19ClN2O2. The van der Waals surface area contributed by atoms with E-state index in [1.165, 1.54) is 0 Å². The number of anilines is 1. The van der Waals surface area contributed by atoms with E-state index in [4.69, 9.17) is 16.3 Å². The summed E-state index contributed by atoms with van der Waals surface area (Å²) in [7, 11) is 0. The lowest BCUT2D eigenvalue weighted by molar-refractivity contribution is 0.0751. The molecule has 1 heterocycles. The van der Waals surface area contributed by atoms with E-state index in [9.17, 15) is 4.79 Å². The molecular weight excluding hydrogens is 264 g/mol. The Morgan fingerprint density at radius 3 is 2.26 bits per heavy atom. The summed E-state index contributed by atoms with van der Waals surface area (Å²) in [5.74, 6) is 0. The van der Waals surface area contributed by atoms with E-state index in [1.807, 2.05) is 38.1 Å². The Kier molecular flexibility index (Phi) is 4.53. The first-order valence-electron chi connectivity index (χ1n) is 6.52. The molecule has 1 aliphatic rings. The van der Waals surface area contributed by atoms with Crippen molar-refractivity contribution in [3.8, 4) is 0 Å². The maximum Gasteiger partial charge on any atom is 0.410 e. The number of amides is 1. The predicted octanol–water partition coefficient (Wildman–Crippen LogP) is 3.01. The molecule has 0 unspecified atom stereocenters. The Bertz CT molecular complexity index is 426. The molecule has 0 atom stereocenters. The number of nitrogens with zero attached hydrogens (tertiary/aromatic N) is 2. The normalized spacial score (nSPS) is 15.8. The third kappa shape index (κ3) is 3.77. The van der Waals surface area contributed by atoms with E-state index >= 15 is 0 Å². The number of hydrogen-bond acceptors (Lipinski definition) is 3. The summed E-state index contributed by atoms with van der Waals surface area (Å²) in [5, 5.41) is 0.739. The van der Waals surface area contributed by atoms with Crippen molar-refractivity contribution in [3.05, 3.63) is 29.3 Å². The highest BCUT2D eigenvalue weighted by molar-refractivity contribution is 6.30. The number of hydrogen-bond donors (Lipinski definition) is 0. The minimum Gasteiger partial charge on any atom is -0.447 e. The SMILES string of the molecule is CC(C)OC(=O)N1CCN(c2ccc(Cl)cc2)CC1. The first-order chi connectivity index (χ1) is 9.06. The lowest BCUT2D eigenvalue weighted by atomic mass is 10.2. The lowest BCUT2D eigenvalue weighted by Crippen LogP contribution is -2.49. The lowest BCUT2D eigenvalue weighted by Gasteiger charge is -2.35. The van der Waals surface area contributed by atoms with Crippen molar-refractivity contribution in [2.75, 3.05) is 31.1 Å². The van der Waals surface area contributed by atoms with Gasteiger partial charge in [-0.2, -0.15) is 0 Å². The second kappa shape index (κ2) is 6.15. The molecule has 1 aromatic rings. The highest BCUT2D eigenvalue weighted by atomic mass is 35.5. The van der Waals surface area contributed by atoms with Gasteiger partial charge in [0.25, 0.3) is 0 Å². The van der Waals surface area contributed by atoms with E-state index in [0.717, 1.165) is 23.8 Å². The van der Waals surface area contributed by atoms with Crippen LogP contribution in [0.1, 0.15) is 13.8 Å². The molecule has 0 saturated carbocycles. The van der Waals surface area contributed by atoms with Crippen LogP contribution in [0.4, 0.5) is 10.5 Å². The molecule has 0 N–H and O–H groups in total. The molecule has 1 aliphatic heterocycles. The maximum absolute atomic E-state index is 11.8. The number of ether oxygens (including phenoxy) is 1. The van der Waals surface area contributed by atoms with Gasteiger partial charge in [0, 0.05) is 36.9 Å². The summed E-state index contributed by atoms with van der Waals surface area (Å²) < 4.78 is 5.20. The Labute approximate surface area is 118 Å². The van der Waals surface area contributed by atoms with Crippen LogP contribution < -0.4 is 4.90 Å². The summed E-state index contributed by atoms with van der Waals surface area (Å²) in [6.45, 7) is 6.73. The molecule has 1 amide bonds. The van der Waals surface area contributed by atoms with Crippen LogP contribution in [0, 0.1) is 0 Å². The molecule has 19 heavy (non-hydrogen) atoms. The molecule has 0 spiro atoms. The van der Waals surface area contributed by atoms with Crippen LogP contribution in [0.15, 0.2) is 24.3 Å². The minimum atomic E-state index is -0.217. The standard InChI is InChI=1S/C14H19ClN2O2/c1-11(2)19-14(18)17-9-7-16(8-10-17)13-5-3-12(15)4-6-13/h3-6,11H,7-10H2,1-2H3. The van der Waals surface area contributed by atoms with Crippen molar-refractivity contribution in [3.63, 3.8) is 0 Å². The Morgan fingerprint density at radius 1 is 1.16 bits per heavy atom. The van der Waals surface area contributed by atoms with Crippen LogP contribution >= 0.6 is 11.6 Å². The van der Waals surface area contributed by atoms with E-state index in [2.05, 4.69) is 4.90 Å². The van der Waals surface area contributed by atoms with Gasteiger partial charge in [0.2, 0.25) is 0 Å². The van der Waals surface area contributed by atoms with Gasteiger partial charge >= 0.3 is 6.09 Å². The third-order valence-electron chi connectivity index (χ3n) is 3.07. The number of rotatable bonds is 2. The second-order valence-corrected chi connectivity index (χ2v) is 5.32. The summed E-state index contributed by atoms with van der Waals surface area (Å²) in [5.41, 5.74) is 1.14. The Hall–Kier alpha value is -1.42. The van der Waals surface area contributed by atoms with Gasteiger partial charge in [0.1, 0.15) is 0 Å². The molecule has 0 radical (unpaired) electrons. The van der Waals surface area contributed by atoms with Crippen molar-refractivity contribution >= 4 is 23.4 Å². The Balaban J connectivity index is 1.88. The smallest absolute Gasteiger partial charge is 0.410 e. The minimum absolute atomic E-state index is 0.0678. The highest BCUT2D eigenvalue weighted by Gasteiger charge is 2.22. The zero-order valence-electron chi connectivity index (χ0n) is 11.3. The van der Waals surface area contributed by atoms with Crippen LogP contribution in [-0.4, -0.2) is 43.3 Å². The van der Waals surface area contributed by atoms with Crippen molar-refractivity contribution in [1.82, 2.24) is 4.90 Å². The van der Waals surface area contributed by atoms with Crippen LogP contribution in [0.3, 0.4) is 0 Å². The second-order valence-electron chi connectivity index (χ2n) is 4.88. The van der Waals surface area contributed by atoms with E-state index < -0.39 is 0 Å². The van der Waals surface area contributed by atoms with Crippen LogP contribution in [0.2, 0.25) is 5.02 Å². The highest BCUT2D eigenvalue weighted by Crippen LogP contribution is 2.19. The maximum atomic E-state index is 11.8. The first-order valence-corrected chi connectivity index (χ1v) is 6.90. The van der Waals surface area contributed by atoms with E-state index in [1.54, 1.807) is 4.90 Å². The molecule has 0 bridgehead atoms. The predicted molar refractivity (Wildman–Crippen MR) is 76.9 cm³/mol. The zero-order chi connectivity index (χ0) is 13.8. The fourth-order valence-corrected chi connectivity index (χ4v) is 2.20. The summed E-state index contributed by atoms with van der Waals surface area (Å²) in [4.78, 5) is 15.8. The van der Waals surface area contributed by atoms with Gasteiger partial charge in [-0.05, 0) is 38.1 Å². The van der Waals surface area contributed by atoms with Crippen LogP contribution in [0.5, 0.6) is 0 Å². The number of carbonyl (C=O) groups is 1. The zero-order valence-corrected chi connectivity index (χ0v) is 12.1. The number of carbonyl (C=O) groups excluding carboxylic acids is 1. The Morgan fingerprint density at radius 2 is 1.74 bits per heavy atom. The van der Waals surface area contributed by atoms with Gasteiger partial charge in [0.15, 0.2) is 0 Å². The van der Waals surface area contributed by atoms with Gasteiger partial charge in [-0.25, -0.2) is 4.79 Å². The molecule has 104 valence electrons. The topological polar surface area (TPSA) is 32.8 Å². The van der Waals surface area contributed by atoms with E-state index in [-0.39, 0.29) is 12.2 Å². The van der Waals surface area contributed by atoms with Crippen molar-refractivity contribution in [2.45, 2.75) is 20.0 Å². The van der Waals surface area contributed by atoms with Crippen LogP contribution in [-0.2, 0) is 4.74 Å². The van der Waals surface area contributed by atoms with Gasteiger partial charge in [-0.1, -0.05) is 11.6 Å². The van der Waals surface area contributed by atoms with Crippen molar-refractivity contribution in [1.29, 1.82) is 0 Å². The summed E-state index contributed by atoms with van der Waals surface area (Å²) in [6, 6.07) is 7.78. The molecule has 1 saturated heterocycles. The molecule has 1 fully saturated rings. The van der Waals surface area contributed by atoms with Crippen molar-refractivity contribution < 1.29 is 9.53 Å². The molecule has 0 aromatic heterocycles. The fraction of sp³-hybridized carbons (Fsp3) is 0.500. The van der Waals surface area contributed by atoms with Crippen molar-refractivity contribution in [2.24, 2.45) is 0 Å². The summed E-state index contributed by atoms with van der Waals surface area (Å²) >= 11 is 5.88. The molecule has 2 rings (SSSR count).